The summed E-state index contributed by atoms with van der Waals surface area (Å²) < 4.78 is 20.5. The molecule has 2 aromatic rings. The summed E-state index contributed by atoms with van der Waals surface area (Å²) in [6.45, 7) is 0. The fourth-order valence-corrected chi connectivity index (χ4v) is 2.50. The van der Waals surface area contributed by atoms with Crippen molar-refractivity contribution in [1.29, 1.82) is 0 Å². The summed E-state index contributed by atoms with van der Waals surface area (Å²) in [5, 5.41) is 23.4. The normalized spacial score (nSPS) is 10.8. The number of carboxylic acid groups (broad SMARTS) is 1. The Morgan fingerprint density at radius 3 is 2.00 bits per heavy atom. The largest absolute Gasteiger partial charge is 0.870 e. The van der Waals surface area contributed by atoms with Crippen molar-refractivity contribution in [2.45, 2.75) is 0 Å². The minimum Gasteiger partial charge on any atom is -0.870 e. The minimum absolute atomic E-state index is 0.0550. The number of carbonyl (C=O) groups excluding carboxylic acids is 1. The van der Waals surface area contributed by atoms with Crippen LogP contribution in [-0.2, 0) is 4.79 Å². The first-order valence-corrected chi connectivity index (χ1v) is 8.26. The summed E-state index contributed by atoms with van der Waals surface area (Å²) in [6, 6.07) is 6.82. The number of benzene rings is 2. The summed E-state index contributed by atoms with van der Waals surface area (Å²) in [5.74, 6) is -1.57. The van der Waals surface area contributed by atoms with E-state index >= 15 is 0 Å². The molecule has 0 spiro atoms. The van der Waals surface area contributed by atoms with Crippen molar-refractivity contribution in [1.82, 2.24) is 5.32 Å². The molecule has 0 atom stereocenters. The maximum absolute atomic E-state index is 12.6. The third-order valence-electron chi connectivity index (χ3n) is 3.90. The molecule has 0 aliphatic heterocycles. The van der Waals surface area contributed by atoms with Crippen molar-refractivity contribution in [2.75, 3.05) is 28.4 Å². The smallest absolute Gasteiger partial charge is 0.352 e. The van der Waals surface area contributed by atoms with Crippen molar-refractivity contribution in [3.8, 4) is 28.7 Å². The molecule has 0 heterocycles. The van der Waals surface area contributed by atoms with E-state index < -0.39 is 17.6 Å². The molecule has 0 radical (unpaired) electrons. The monoisotopic (exact) mass is 402 g/mol. The molecule has 9 nitrogen and oxygen atoms in total. The maximum atomic E-state index is 12.6. The van der Waals surface area contributed by atoms with Gasteiger partial charge in [0.25, 0.3) is 5.91 Å². The molecule has 0 saturated heterocycles. The average molecular weight is 402 g/mol. The lowest BCUT2D eigenvalue weighted by atomic mass is 10.1. The van der Waals surface area contributed by atoms with Crippen LogP contribution in [0.5, 0.6) is 28.7 Å². The van der Waals surface area contributed by atoms with Gasteiger partial charge in [-0.25, -0.2) is 4.79 Å². The number of ether oxygens (including phenoxy) is 4. The Hall–Kier alpha value is -3.88. The molecule has 154 valence electrons. The molecule has 0 aliphatic carbocycles. The van der Waals surface area contributed by atoms with Crippen LogP contribution in [0.1, 0.15) is 15.9 Å². The summed E-state index contributed by atoms with van der Waals surface area (Å²) in [5.41, 5.74) is 0.0626. The first-order valence-electron chi connectivity index (χ1n) is 8.26. The molecule has 2 aromatic carbocycles. The summed E-state index contributed by atoms with van der Waals surface area (Å²) >= 11 is 0. The predicted octanol–water partition coefficient (Wildman–Crippen LogP) is 1.65. The molecule has 0 saturated carbocycles. The van der Waals surface area contributed by atoms with Crippen LogP contribution in [0.3, 0.4) is 0 Å². The van der Waals surface area contributed by atoms with Gasteiger partial charge in [-0.15, -0.1) is 0 Å². The molecular formula is C20H20NO8-. The number of amides is 1. The lowest BCUT2D eigenvalue weighted by Gasteiger charge is -2.14. The van der Waals surface area contributed by atoms with Crippen molar-refractivity contribution in [3.05, 3.63) is 47.2 Å². The number of methoxy groups -OCH3 is 4. The highest BCUT2D eigenvalue weighted by Crippen LogP contribution is 2.38. The van der Waals surface area contributed by atoms with Gasteiger partial charge in [-0.1, -0.05) is 17.9 Å². The molecule has 0 aliphatic rings. The van der Waals surface area contributed by atoms with Crippen LogP contribution >= 0.6 is 0 Å². The summed E-state index contributed by atoms with van der Waals surface area (Å²) in [7, 11) is 5.55. The number of carboxylic acids is 1. The maximum Gasteiger partial charge on any atom is 0.352 e. The Kier molecular flexibility index (Phi) is 6.91. The lowest BCUT2D eigenvalue weighted by Crippen LogP contribution is -2.27. The van der Waals surface area contributed by atoms with Gasteiger partial charge in [-0.3, -0.25) is 4.79 Å². The molecule has 0 aromatic heterocycles. The van der Waals surface area contributed by atoms with Crippen LogP contribution < -0.4 is 29.4 Å². The Bertz CT molecular complexity index is 926. The van der Waals surface area contributed by atoms with Crippen LogP contribution in [0.2, 0.25) is 0 Å². The van der Waals surface area contributed by atoms with E-state index in [1.54, 1.807) is 0 Å². The zero-order chi connectivity index (χ0) is 21.6. The zero-order valence-electron chi connectivity index (χ0n) is 16.3. The molecule has 0 unspecified atom stereocenters. The molecule has 2 N–H and O–H groups in total. The Balaban J connectivity index is 2.39. The minimum atomic E-state index is -1.36. The van der Waals surface area contributed by atoms with Crippen molar-refractivity contribution in [2.24, 2.45) is 0 Å². The van der Waals surface area contributed by atoms with E-state index in [4.69, 9.17) is 18.9 Å². The number of hydrogen-bond donors (Lipinski definition) is 2. The van der Waals surface area contributed by atoms with Gasteiger partial charge in [0.2, 0.25) is 5.75 Å². The van der Waals surface area contributed by atoms with Crippen molar-refractivity contribution < 1.29 is 38.7 Å². The first-order chi connectivity index (χ1) is 13.8. The Morgan fingerprint density at radius 1 is 0.931 bits per heavy atom. The topological polar surface area (TPSA) is 126 Å². The molecule has 9 heteroatoms. The van der Waals surface area contributed by atoms with Crippen LogP contribution in [0.4, 0.5) is 0 Å². The Morgan fingerprint density at radius 2 is 1.52 bits per heavy atom. The van der Waals surface area contributed by atoms with Gasteiger partial charge < -0.3 is 34.5 Å². The highest BCUT2D eigenvalue weighted by molar-refractivity contribution is 6.03. The number of nitrogens with one attached hydrogen (secondary N) is 1. The van der Waals surface area contributed by atoms with E-state index in [9.17, 15) is 19.8 Å². The van der Waals surface area contributed by atoms with Crippen LogP contribution in [0.15, 0.2) is 36.0 Å². The van der Waals surface area contributed by atoms with Crippen molar-refractivity contribution in [3.63, 3.8) is 0 Å². The Labute approximate surface area is 167 Å². The van der Waals surface area contributed by atoms with E-state index in [2.05, 4.69) is 5.32 Å². The fraction of sp³-hybridized carbons (Fsp3) is 0.200. The SMILES string of the molecule is COc1cc(/C=C(/NC(=O)c2cc(OC)c(OC)c(OC)c2)C(=O)O)ccc1[O-]. The van der Waals surface area contributed by atoms with Crippen LogP contribution in [0.25, 0.3) is 6.08 Å². The van der Waals surface area contributed by atoms with Crippen LogP contribution in [0, 0.1) is 0 Å². The standard InChI is InChI=1S/C20H21NO8/c1-26-15-8-11(5-6-14(15)22)7-13(20(24)25)21-19(23)12-9-16(27-2)18(29-4)17(10-12)28-3/h5-10,22H,1-4H3,(H,21,23)(H,24,25)/p-1/b13-7+. The molecule has 0 fully saturated rings. The fourth-order valence-electron chi connectivity index (χ4n) is 2.50. The first kappa shape index (κ1) is 21.4. The average Bonchev–Trinajstić information content (AvgIpc) is 2.72. The molecule has 1 amide bonds. The van der Waals surface area contributed by atoms with Crippen molar-refractivity contribution >= 4 is 18.0 Å². The summed E-state index contributed by atoms with van der Waals surface area (Å²) in [6.07, 6.45) is 1.21. The number of rotatable bonds is 8. The van der Waals surface area contributed by atoms with Gasteiger partial charge in [0.15, 0.2) is 11.5 Å². The lowest BCUT2D eigenvalue weighted by molar-refractivity contribution is -0.270. The molecule has 0 bridgehead atoms. The zero-order valence-corrected chi connectivity index (χ0v) is 16.3. The second-order valence-corrected chi connectivity index (χ2v) is 5.64. The molecule has 2 rings (SSSR count). The quantitative estimate of drug-likeness (QED) is 0.638. The number of aliphatic carboxylic acids is 1. The number of hydrogen-bond acceptors (Lipinski definition) is 7. The second kappa shape index (κ2) is 9.36. The highest BCUT2D eigenvalue weighted by atomic mass is 16.5. The van der Waals surface area contributed by atoms with E-state index in [-0.39, 0.29) is 28.6 Å². The van der Waals surface area contributed by atoms with Gasteiger partial charge in [0.05, 0.1) is 28.4 Å². The van der Waals surface area contributed by atoms with Gasteiger partial charge >= 0.3 is 5.97 Å². The van der Waals surface area contributed by atoms with Gasteiger partial charge in [0, 0.05) is 5.56 Å². The highest BCUT2D eigenvalue weighted by Gasteiger charge is 2.19. The molecular weight excluding hydrogens is 382 g/mol. The van der Waals surface area contributed by atoms with Gasteiger partial charge in [-0.05, 0) is 29.8 Å². The van der Waals surface area contributed by atoms with Gasteiger partial charge in [-0.2, -0.15) is 0 Å². The predicted molar refractivity (Wildman–Crippen MR) is 102 cm³/mol. The third kappa shape index (κ3) is 4.89. The van der Waals surface area contributed by atoms with E-state index in [1.807, 2.05) is 0 Å². The molecule has 29 heavy (non-hydrogen) atoms. The van der Waals surface area contributed by atoms with Gasteiger partial charge in [0.1, 0.15) is 11.4 Å². The number of carbonyl (C=O) groups is 2. The van der Waals surface area contributed by atoms with E-state index in [1.165, 1.54) is 64.8 Å². The summed E-state index contributed by atoms with van der Waals surface area (Å²) in [4.78, 5) is 24.2. The second-order valence-electron chi connectivity index (χ2n) is 5.64. The third-order valence-corrected chi connectivity index (χ3v) is 3.90. The van der Waals surface area contributed by atoms with E-state index in [0.29, 0.717) is 11.3 Å². The van der Waals surface area contributed by atoms with E-state index in [0.717, 1.165) is 0 Å². The van der Waals surface area contributed by atoms with Crippen LogP contribution in [-0.4, -0.2) is 45.4 Å².